The third kappa shape index (κ3) is 4.80. The number of carbonyl (C=O) groups excluding carboxylic acids is 2. The first-order valence-corrected chi connectivity index (χ1v) is 9.67. The van der Waals surface area contributed by atoms with Crippen LogP contribution in [0.4, 0.5) is 0 Å². The normalized spacial score (nSPS) is 11.7. The van der Waals surface area contributed by atoms with Crippen LogP contribution >= 0.6 is 11.6 Å². The predicted octanol–water partition coefficient (Wildman–Crippen LogP) is 3.88. The first kappa shape index (κ1) is 21.4. The zero-order valence-corrected chi connectivity index (χ0v) is 17.4. The Morgan fingerprint density at radius 2 is 1.93 bits per heavy atom. The summed E-state index contributed by atoms with van der Waals surface area (Å²) in [6.07, 6.45) is -0.882. The maximum Gasteiger partial charge on any atom is 0.352 e. The molecular weight excluding hydrogens is 410 g/mol. The molecule has 0 aliphatic rings. The maximum absolute atomic E-state index is 12.4. The number of ether oxygens (including phenoxy) is 2. The lowest BCUT2D eigenvalue weighted by molar-refractivity contribution is -0.141. The average molecular weight is 430 g/mol. The van der Waals surface area contributed by atoms with Crippen molar-refractivity contribution in [2.75, 3.05) is 6.54 Å². The summed E-state index contributed by atoms with van der Waals surface area (Å²) in [7, 11) is 0. The summed E-state index contributed by atoms with van der Waals surface area (Å²) in [6, 6.07) is 11.1. The van der Waals surface area contributed by atoms with Crippen LogP contribution in [0.1, 0.15) is 29.8 Å². The van der Waals surface area contributed by atoms with Gasteiger partial charge in [0.05, 0.1) is 0 Å². The topological polar surface area (TPSA) is 94.8 Å². The van der Waals surface area contributed by atoms with E-state index >= 15 is 0 Å². The second-order valence-electron chi connectivity index (χ2n) is 6.60. The number of esters is 1. The van der Waals surface area contributed by atoms with Crippen LogP contribution in [0.5, 0.6) is 11.5 Å². The molecule has 1 N–H and O–H groups in total. The fourth-order valence-corrected chi connectivity index (χ4v) is 2.98. The number of amides is 1. The van der Waals surface area contributed by atoms with Crippen LogP contribution in [0.25, 0.3) is 11.0 Å². The number of fused-ring (bicyclic) bond motifs is 1. The molecule has 1 atom stereocenters. The van der Waals surface area contributed by atoms with Crippen LogP contribution in [0.3, 0.4) is 0 Å². The summed E-state index contributed by atoms with van der Waals surface area (Å²) in [5, 5.41) is 3.65. The predicted molar refractivity (Wildman–Crippen MR) is 112 cm³/mol. The van der Waals surface area contributed by atoms with Gasteiger partial charge in [0, 0.05) is 23.0 Å². The molecule has 30 heavy (non-hydrogen) atoms. The van der Waals surface area contributed by atoms with Gasteiger partial charge in [-0.05, 0) is 62.7 Å². The van der Waals surface area contributed by atoms with Gasteiger partial charge in [0.2, 0.25) is 0 Å². The molecule has 0 fully saturated rings. The highest BCUT2D eigenvalue weighted by Crippen LogP contribution is 2.24. The van der Waals surface area contributed by atoms with E-state index in [9.17, 15) is 14.4 Å². The number of hydrogen-bond acceptors (Lipinski definition) is 6. The molecule has 156 valence electrons. The molecule has 0 bridgehead atoms. The summed E-state index contributed by atoms with van der Waals surface area (Å²) < 4.78 is 16.2. The number of nitrogens with one attached hydrogen (secondary N) is 1. The van der Waals surface area contributed by atoms with E-state index in [-0.39, 0.29) is 16.9 Å². The molecule has 0 saturated heterocycles. The van der Waals surface area contributed by atoms with Gasteiger partial charge >= 0.3 is 11.6 Å². The fourth-order valence-electron chi connectivity index (χ4n) is 2.75. The quantitative estimate of drug-likeness (QED) is 0.363. The van der Waals surface area contributed by atoms with E-state index in [1.807, 2.05) is 6.92 Å². The molecule has 1 heterocycles. The first-order valence-electron chi connectivity index (χ1n) is 9.29. The minimum absolute atomic E-state index is 0.0885. The van der Waals surface area contributed by atoms with Crippen molar-refractivity contribution in [3.63, 3.8) is 0 Å². The lowest BCUT2D eigenvalue weighted by atomic mass is 10.1. The molecule has 1 amide bonds. The number of halogens is 1. The first-order chi connectivity index (χ1) is 14.3. The zero-order chi connectivity index (χ0) is 21.8. The van der Waals surface area contributed by atoms with E-state index in [1.165, 1.54) is 12.1 Å². The van der Waals surface area contributed by atoms with Gasteiger partial charge in [0.25, 0.3) is 5.91 Å². The molecule has 0 radical (unpaired) electrons. The van der Waals surface area contributed by atoms with Crippen LogP contribution < -0.4 is 20.4 Å². The van der Waals surface area contributed by atoms with E-state index in [4.69, 9.17) is 25.5 Å². The largest absolute Gasteiger partial charge is 0.479 e. The SMILES string of the molecule is CCNC(=O)c1cc2ccc(OC(=O)C(C)Oc3ccc(Cl)cc3C)cc2oc1=O. The van der Waals surface area contributed by atoms with Gasteiger partial charge in [-0.3, -0.25) is 4.79 Å². The summed E-state index contributed by atoms with van der Waals surface area (Å²) in [6.45, 7) is 5.52. The van der Waals surface area contributed by atoms with E-state index in [1.54, 1.807) is 44.2 Å². The van der Waals surface area contributed by atoms with E-state index < -0.39 is 23.6 Å². The summed E-state index contributed by atoms with van der Waals surface area (Å²) in [4.78, 5) is 36.4. The standard InChI is InChI=1S/C22H20ClNO6/c1-4-24-20(25)17-10-14-5-7-16(11-19(14)30-22(17)27)29-21(26)13(3)28-18-8-6-15(23)9-12(18)2/h5-11,13H,4H2,1-3H3,(H,24,25). The molecule has 0 aliphatic heterocycles. The number of hydrogen-bond donors (Lipinski definition) is 1. The Morgan fingerprint density at radius 1 is 1.17 bits per heavy atom. The Bertz CT molecular complexity index is 1170. The van der Waals surface area contributed by atoms with Gasteiger partial charge < -0.3 is 19.2 Å². The maximum atomic E-state index is 12.4. The fraction of sp³-hybridized carbons (Fsp3) is 0.227. The van der Waals surface area contributed by atoms with Gasteiger partial charge in [0.15, 0.2) is 6.10 Å². The van der Waals surface area contributed by atoms with Gasteiger partial charge in [-0.1, -0.05) is 11.6 Å². The number of carbonyl (C=O) groups is 2. The number of benzene rings is 2. The molecular formula is C22H20ClNO6. The van der Waals surface area contributed by atoms with Crippen LogP contribution in [0.15, 0.2) is 51.7 Å². The van der Waals surface area contributed by atoms with Crippen LogP contribution in [-0.2, 0) is 4.79 Å². The minimum atomic E-state index is -0.882. The van der Waals surface area contributed by atoms with Gasteiger partial charge in [-0.25, -0.2) is 9.59 Å². The monoisotopic (exact) mass is 429 g/mol. The van der Waals surface area contributed by atoms with Crippen molar-refractivity contribution >= 4 is 34.4 Å². The Labute approximate surface area is 177 Å². The molecule has 7 nitrogen and oxygen atoms in total. The Morgan fingerprint density at radius 3 is 2.63 bits per heavy atom. The van der Waals surface area contributed by atoms with Crippen molar-refractivity contribution in [3.05, 3.63) is 69.0 Å². The van der Waals surface area contributed by atoms with E-state index in [0.717, 1.165) is 5.56 Å². The van der Waals surface area contributed by atoms with Crippen molar-refractivity contribution in [1.29, 1.82) is 0 Å². The third-order valence-electron chi connectivity index (χ3n) is 4.28. The molecule has 0 aliphatic carbocycles. The Balaban J connectivity index is 1.76. The van der Waals surface area contributed by atoms with Crippen LogP contribution in [0.2, 0.25) is 5.02 Å². The van der Waals surface area contributed by atoms with Gasteiger partial charge in [0.1, 0.15) is 22.6 Å². The highest BCUT2D eigenvalue weighted by atomic mass is 35.5. The molecule has 1 aromatic heterocycles. The molecule has 3 rings (SSSR count). The number of aryl methyl sites for hydroxylation is 1. The van der Waals surface area contributed by atoms with Gasteiger partial charge in [-0.2, -0.15) is 0 Å². The zero-order valence-electron chi connectivity index (χ0n) is 16.7. The van der Waals surface area contributed by atoms with E-state index in [0.29, 0.717) is 22.7 Å². The summed E-state index contributed by atoms with van der Waals surface area (Å²) in [5.74, 6) is -0.423. The molecule has 0 saturated carbocycles. The number of rotatable bonds is 6. The molecule has 0 spiro atoms. The smallest absolute Gasteiger partial charge is 0.352 e. The lowest BCUT2D eigenvalue weighted by Crippen LogP contribution is -2.28. The highest BCUT2D eigenvalue weighted by Gasteiger charge is 2.19. The van der Waals surface area contributed by atoms with Crippen molar-refractivity contribution in [1.82, 2.24) is 5.32 Å². The van der Waals surface area contributed by atoms with Crippen LogP contribution in [-0.4, -0.2) is 24.5 Å². The summed E-state index contributed by atoms with van der Waals surface area (Å²) in [5.41, 5.74) is 0.124. The molecule has 1 unspecified atom stereocenters. The minimum Gasteiger partial charge on any atom is -0.479 e. The van der Waals surface area contributed by atoms with Crippen molar-refractivity contribution in [2.45, 2.75) is 26.9 Å². The molecule has 2 aromatic carbocycles. The second-order valence-corrected chi connectivity index (χ2v) is 7.03. The third-order valence-corrected chi connectivity index (χ3v) is 4.52. The Kier molecular flexibility index (Phi) is 6.42. The molecule has 3 aromatic rings. The lowest BCUT2D eigenvalue weighted by Gasteiger charge is -2.15. The molecule has 8 heteroatoms. The van der Waals surface area contributed by atoms with Crippen molar-refractivity contribution < 1.29 is 23.5 Å². The van der Waals surface area contributed by atoms with Crippen LogP contribution in [0, 0.1) is 6.92 Å². The van der Waals surface area contributed by atoms with Crippen molar-refractivity contribution in [2.24, 2.45) is 0 Å². The van der Waals surface area contributed by atoms with E-state index in [2.05, 4.69) is 5.32 Å². The Hall–Kier alpha value is -3.32. The van der Waals surface area contributed by atoms with Crippen molar-refractivity contribution in [3.8, 4) is 11.5 Å². The second kappa shape index (κ2) is 9.00. The summed E-state index contributed by atoms with van der Waals surface area (Å²) >= 11 is 5.92. The average Bonchev–Trinajstić information content (AvgIpc) is 2.69. The highest BCUT2D eigenvalue weighted by molar-refractivity contribution is 6.30. The van der Waals surface area contributed by atoms with Gasteiger partial charge in [-0.15, -0.1) is 0 Å².